The molecular weight excluding hydrogens is 533 g/mol. The van der Waals surface area contributed by atoms with Crippen LogP contribution in [0.4, 0.5) is 0 Å². The molecule has 2 unspecified atom stereocenters. The third-order valence-corrected chi connectivity index (χ3v) is 6.83. The third-order valence-electron chi connectivity index (χ3n) is 5.88. The zero-order valence-electron chi connectivity index (χ0n) is 18.9. The van der Waals surface area contributed by atoms with E-state index in [4.69, 9.17) is 4.42 Å². The van der Waals surface area contributed by atoms with Crippen molar-refractivity contribution < 1.29 is 4.42 Å². The molecular formula is C24H32IN5OS. The fourth-order valence-corrected chi connectivity index (χ4v) is 5.21. The van der Waals surface area contributed by atoms with Crippen molar-refractivity contribution in [3.05, 3.63) is 64.2 Å². The Balaban J connectivity index is 0.00000289. The van der Waals surface area contributed by atoms with Gasteiger partial charge in [0.2, 0.25) is 5.89 Å². The summed E-state index contributed by atoms with van der Waals surface area (Å²) in [5.41, 5.74) is 3.06. The number of piperidine rings is 1. The number of thiophene rings is 1. The molecule has 6 nitrogen and oxygen atoms in total. The molecule has 0 amide bonds. The average Bonchev–Trinajstić information content (AvgIpc) is 3.47. The van der Waals surface area contributed by atoms with Gasteiger partial charge in [0.15, 0.2) is 5.96 Å². The van der Waals surface area contributed by atoms with E-state index in [-0.39, 0.29) is 24.0 Å². The topological polar surface area (TPSA) is 65.7 Å². The smallest absolute Gasteiger partial charge is 0.226 e. The Morgan fingerprint density at radius 1 is 1.25 bits per heavy atom. The van der Waals surface area contributed by atoms with Gasteiger partial charge in [-0.3, -0.25) is 9.89 Å². The molecule has 3 heterocycles. The molecule has 1 saturated heterocycles. The third kappa shape index (κ3) is 6.11. The summed E-state index contributed by atoms with van der Waals surface area (Å²) >= 11 is 1.85. The highest BCUT2D eigenvalue weighted by Gasteiger charge is 2.31. The van der Waals surface area contributed by atoms with Crippen LogP contribution in [0.5, 0.6) is 0 Å². The molecule has 1 fully saturated rings. The van der Waals surface area contributed by atoms with Crippen LogP contribution in [0, 0.1) is 12.8 Å². The number of rotatable bonds is 6. The van der Waals surface area contributed by atoms with Gasteiger partial charge in [0.05, 0.1) is 12.2 Å². The molecule has 3 aromatic rings. The Kier molecular flexibility index (Phi) is 9.12. The Labute approximate surface area is 211 Å². The molecule has 0 aliphatic carbocycles. The lowest BCUT2D eigenvalue weighted by Gasteiger charge is -2.39. The second-order valence-corrected chi connectivity index (χ2v) is 9.14. The van der Waals surface area contributed by atoms with E-state index >= 15 is 0 Å². The van der Waals surface area contributed by atoms with Crippen LogP contribution in [-0.4, -0.2) is 43.0 Å². The van der Waals surface area contributed by atoms with E-state index in [1.54, 1.807) is 13.3 Å². The zero-order valence-corrected chi connectivity index (χ0v) is 22.0. The molecule has 2 atom stereocenters. The lowest BCUT2D eigenvalue weighted by molar-refractivity contribution is 0.125. The number of guanidine groups is 1. The van der Waals surface area contributed by atoms with Gasteiger partial charge in [-0.05, 0) is 62.9 Å². The molecule has 32 heavy (non-hydrogen) atoms. The SMILES string of the molecule is CN=C(NCc1coc(-c2ccc(C)cc2)n1)NCC1CCCN(C)C1c1cccs1.I. The second-order valence-electron chi connectivity index (χ2n) is 8.16. The summed E-state index contributed by atoms with van der Waals surface area (Å²) in [7, 11) is 4.04. The van der Waals surface area contributed by atoms with Crippen molar-refractivity contribution >= 4 is 41.3 Å². The van der Waals surface area contributed by atoms with Crippen LogP contribution in [0.25, 0.3) is 11.5 Å². The Morgan fingerprint density at radius 3 is 2.78 bits per heavy atom. The molecule has 0 radical (unpaired) electrons. The standard InChI is InChI=1S/C24H31N5OS.HI/c1-17-8-10-18(11-9-17)23-28-20(16-30-23)15-27-24(25-2)26-14-19-6-4-12-29(3)22(19)21-7-5-13-31-21;/h5,7-11,13,16,19,22H,4,6,12,14-15H2,1-3H3,(H2,25,26,27);1H. The van der Waals surface area contributed by atoms with Crippen LogP contribution >= 0.6 is 35.3 Å². The summed E-state index contributed by atoms with van der Waals surface area (Å²) in [5, 5.41) is 9.06. The van der Waals surface area contributed by atoms with Gasteiger partial charge in [0, 0.05) is 30.1 Å². The highest BCUT2D eigenvalue weighted by Crippen LogP contribution is 2.36. The quantitative estimate of drug-likeness (QED) is 0.248. The van der Waals surface area contributed by atoms with Crippen molar-refractivity contribution in [3.8, 4) is 11.5 Å². The van der Waals surface area contributed by atoms with E-state index in [1.165, 1.54) is 23.3 Å². The van der Waals surface area contributed by atoms with E-state index in [1.807, 2.05) is 23.5 Å². The van der Waals surface area contributed by atoms with Crippen molar-refractivity contribution in [2.75, 3.05) is 27.2 Å². The minimum atomic E-state index is 0. The average molecular weight is 566 g/mol. The summed E-state index contributed by atoms with van der Waals surface area (Å²) in [6.07, 6.45) is 4.16. The Morgan fingerprint density at radius 2 is 2.06 bits per heavy atom. The highest BCUT2D eigenvalue weighted by atomic mass is 127. The van der Waals surface area contributed by atoms with Crippen LogP contribution in [0.15, 0.2) is 57.5 Å². The van der Waals surface area contributed by atoms with Crippen molar-refractivity contribution in [1.29, 1.82) is 0 Å². The predicted octanol–water partition coefficient (Wildman–Crippen LogP) is 5.08. The number of nitrogens with one attached hydrogen (secondary N) is 2. The molecule has 0 saturated carbocycles. The predicted molar refractivity (Wildman–Crippen MR) is 143 cm³/mol. The van der Waals surface area contributed by atoms with Gasteiger partial charge in [-0.2, -0.15) is 0 Å². The van der Waals surface area contributed by atoms with Crippen LogP contribution in [0.1, 0.15) is 35.0 Å². The number of oxazole rings is 1. The maximum absolute atomic E-state index is 5.66. The van der Waals surface area contributed by atoms with Gasteiger partial charge in [0.1, 0.15) is 6.26 Å². The number of likely N-dealkylation sites (tertiary alicyclic amines) is 1. The van der Waals surface area contributed by atoms with Gasteiger partial charge in [-0.25, -0.2) is 4.98 Å². The van der Waals surface area contributed by atoms with E-state index in [0.29, 0.717) is 24.4 Å². The van der Waals surface area contributed by atoms with E-state index in [2.05, 4.69) is 69.1 Å². The minimum absolute atomic E-state index is 0. The number of hydrogen-bond acceptors (Lipinski definition) is 5. The lowest BCUT2D eigenvalue weighted by Crippen LogP contribution is -2.44. The van der Waals surface area contributed by atoms with Gasteiger partial charge in [-0.15, -0.1) is 35.3 Å². The van der Waals surface area contributed by atoms with Crippen LogP contribution in [0.2, 0.25) is 0 Å². The monoisotopic (exact) mass is 565 g/mol. The Hall–Kier alpha value is -1.91. The fraction of sp³-hybridized carbons (Fsp3) is 0.417. The van der Waals surface area contributed by atoms with Gasteiger partial charge < -0.3 is 15.1 Å². The lowest BCUT2D eigenvalue weighted by atomic mass is 9.88. The highest BCUT2D eigenvalue weighted by molar-refractivity contribution is 14.0. The number of aliphatic imine (C=N–C) groups is 1. The number of aryl methyl sites for hydroxylation is 1. The number of nitrogens with zero attached hydrogens (tertiary/aromatic N) is 3. The summed E-state index contributed by atoms with van der Waals surface area (Å²) in [4.78, 5) is 12.9. The van der Waals surface area contributed by atoms with Crippen molar-refractivity contribution in [3.63, 3.8) is 0 Å². The summed E-state index contributed by atoms with van der Waals surface area (Å²) in [6, 6.07) is 13.1. The number of halogens is 1. The van der Waals surface area contributed by atoms with E-state index < -0.39 is 0 Å². The molecule has 2 N–H and O–H groups in total. The van der Waals surface area contributed by atoms with Crippen molar-refractivity contribution in [1.82, 2.24) is 20.5 Å². The molecule has 8 heteroatoms. The largest absolute Gasteiger partial charge is 0.444 e. The summed E-state index contributed by atoms with van der Waals surface area (Å²) in [6.45, 7) is 4.68. The summed E-state index contributed by atoms with van der Waals surface area (Å²) < 4.78 is 5.66. The number of hydrogen-bond donors (Lipinski definition) is 2. The van der Waals surface area contributed by atoms with Crippen molar-refractivity contribution in [2.45, 2.75) is 32.4 Å². The molecule has 2 aromatic heterocycles. The molecule has 1 aromatic carbocycles. The van der Waals surface area contributed by atoms with E-state index in [9.17, 15) is 0 Å². The maximum atomic E-state index is 5.66. The second kappa shape index (κ2) is 11.8. The molecule has 0 spiro atoms. The van der Waals surface area contributed by atoms with Crippen LogP contribution in [0.3, 0.4) is 0 Å². The fourth-order valence-electron chi connectivity index (χ4n) is 4.22. The molecule has 172 valence electrons. The van der Waals surface area contributed by atoms with Crippen LogP contribution < -0.4 is 10.6 Å². The molecule has 0 bridgehead atoms. The summed E-state index contributed by atoms with van der Waals surface area (Å²) in [5.74, 6) is 1.98. The normalized spacial score (nSPS) is 19.4. The first-order valence-corrected chi connectivity index (χ1v) is 11.7. The van der Waals surface area contributed by atoms with Gasteiger partial charge >= 0.3 is 0 Å². The first-order chi connectivity index (χ1) is 15.1. The van der Waals surface area contributed by atoms with Crippen LogP contribution in [-0.2, 0) is 6.54 Å². The molecule has 1 aliphatic heterocycles. The Bertz CT molecular complexity index is 986. The first-order valence-electron chi connectivity index (χ1n) is 10.8. The van der Waals surface area contributed by atoms with Gasteiger partial charge in [-0.1, -0.05) is 23.8 Å². The number of benzene rings is 1. The van der Waals surface area contributed by atoms with E-state index in [0.717, 1.165) is 30.3 Å². The number of aromatic nitrogens is 1. The van der Waals surface area contributed by atoms with Gasteiger partial charge in [0.25, 0.3) is 0 Å². The maximum Gasteiger partial charge on any atom is 0.226 e. The first kappa shape index (κ1) is 24.7. The molecule has 1 aliphatic rings. The van der Waals surface area contributed by atoms with Crippen molar-refractivity contribution in [2.24, 2.45) is 10.9 Å². The molecule has 4 rings (SSSR count). The minimum Gasteiger partial charge on any atom is -0.444 e. The zero-order chi connectivity index (χ0) is 21.6.